The molecule has 0 heterocycles. The number of hydrogen-bond acceptors (Lipinski definition) is 2. The minimum Gasteiger partial charge on any atom is -0.390 e. The van der Waals surface area contributed by atoms with Crippen LogP contribution in [0, 0.1) is 5.92 Å². The van der Waals surface area contributed by atoms with E-state index in [2.05, 4.69) is 20.8 Å². The summed E-state index contributed by atoms with van der Waals surface area (Å²) in [7, 11) is 0. The molecule has 14 heavy (non-hydrogen) atoms. The molecule has 2 nitrogen and oxygen atoms in total. The van der Waals surface area contributed by atoms with Gasteiger partial charge in [0.2, 0.25) is 0 Å². The van der Waals surface area contributed by atoms with E-state index in [4.69, 9.17) is 4.74 Å². The molecule has 0 bridgehead atoms. The van der Waals surface area contributed by atoms with Crippen molar-refractivity contribution in [3.63, 3.8) is 0 Å². The van der Waals surface area contributed by atoms with Crippen LogP contribution in [-0.2, 0) is 4.74 Å². The third kappa shape index (κ3) is 6.39. The van der Waals surface area contributed by atoms with E-state index in [0.29, 0.717) is 12.5 Å². The lowest BCUT2D eigenvalue weighted by atomic mass is 9.99. The van der Waals surface area contributed by atoms with E-state index in [1.54, 1.807) is 0 Å². The number of aliphatic hydroxyl groups excluding tert-OH is 1. The minimum absolute atomic E-state index is 0.0451. The summed E-state index contributed by atoms with van der Waals surface area (Å²) in [4.78, 5) is 0. The molecule has 0 rings (SSSR count). The largest absolute Gasteiger partial charge is 0.390 e. The van der Waals surface area contributed by atoms with Gasteiger partial charge < -0.3 is 9.84 Å². The van der Waals surface area contributed by atoms with Crippen LogP contribution < -0.4 is 0 Å². The summed E-state index contributed by atoms with van der Waals surface area (Å²) in [5.74, 6) is 0.661. The second kappa shape index (κ2) is 8.25. The fourth-order valence-corrected chi connectivity index (χ4v) is 1.58. The van der Waals surface area contributed by atoms with E-state index in [9.17, 15) is 5.11 Å². The molecule has 0 amide bonds. The summed E-state index contributed by atoms with van der Waals surface area (Å²) in [5, 5.41) is 9.90. The van der Waals surface area contributed by atoms with E-state index >= 15 is 0 Å². The van der Waals surface area contributed by atoms with Crippen LogP contribution in [0.3, 0.4) is 0 Å². The quantitative estimate of drug-likeness (QED) is 0.655. The Morgan fingerprint density at radius 3 is 2.14 bits per heavy atom. The van der Waals surface area contributed by atoms with Crippen LogP contribution in [0.4, 0.5) is 0 Å². The Morgan fingerprint density at radius 2 is 1.71 bits per heavy atom. The fourth-order valence-electron chi connectivity index (χ4n) is 1.58. The molecule has 0 saturated carbocycles. The molecule has 0 saturated heterocycles. The first kappa shape index (κ1) is 13.9. The molecule has 2 heteroatoms. The van der Waals surface area contributed by atoms with E-state index in [1.165, 1.54) is 0 Å². The van der Waals surface area contributed by atoms with Crippen molar-refractivity contribution in [2.24, 2.45) is 5.92 Å². The van der Waals surface area contributed by atoms with Gasteiger partial charge >= 0.3 is 0 Å². The van der Waals surface area contributed by atoms with Crippen molar-refractivity contribution in [3.8, 4) is 0 Å². The molecule has 0 radical (unpaired) electrons. The van der Waals surface area contributed by atoms with Gasteiger partial charge in [-0.1, -0.05) is 27.2 Å². The Balaban J connectivity index is 3.81. The van der Waals surface area contributed by atoms with E-state index in [-0.39, 0.29) is 12.2 Å². The predicted octanol–water partition coefficient (Wildman–Crippen LogP) is 2.99. The second-order valence-electron chi connectivity index (χ2n) is 4.32. The first-order valence-corrected chi connectivity index (χ1v) is 5.91. The van der Waals surface area contributed by atoms with Crippen LogP contribution in [0.5, 0.6) is 0 Å². The first-order chi connectivity index (χ1) is 6.61. The zero-order valence-corrected chi connectivity index (χ0v) is 10.1. The second-order valence-corrected chi connectivity index (χ2v) is 4.32. The van der Waals surface area contributed by atoms with Crippen molar-refractivity contribution in [1.82, 2.24) is 0 Å². The van der Waals surface area contributed by atoms with Crippen LogP contribution in [0.2, 0.25) is 0 Å². The number of rotatable bonds is 8. The third-order valence-electron chi connectivity index (χ3n) is 2.42. The van der Waals surface area contributed by atoms with E-state index in [0.717, 1.165) is 25.7 Å². The van der Waals surface area contributed by atoms with Gasteiger partial charge in [-0.2, -0.15) is 0 Å². The maximum Gasteiger partial charge on any atom is 0.0833 e. The molecular weight excluding hydrogens is 176 g/mol. The zero-order chi connectivity index (χ0) is 11.0. The summed E-state index contributed by atoms with van der Waals surface area (Å²) >= 11 is 0. The van der Waals surface area contributed by atoms with Crippen LogP contribution in [0.15, 0.2) is 0 Å². The highest BCUT2D eigenvalue weighted by Gasteiger charge is 2.18. The van der Waals surface area contributed by atoms with Crippen LogP contribution in [0.1, 0.15) is 53.4 Å². The van der Waals surface area contributed by atoms with Gasteiger partial charge in [0, 0.05) is 6.61 Å². The highest BCUT2D eigenvalue weighted by Crippen LogP contribution is 2.15. The van der Waals surface area contributed by atoms with Gasteiger partial charge in [0.15, 0.2) is 0 Å². The molecule has 0 aromatic heterocycles. The maximum absolute atomic E-state index is 9.90. The SMILES string of the molecule is CCCC(OCC)C(O)CCC(C)C. The summed E-state index contributed by atoms with van der Waals surface area (Å²) in [6.45, 7) is 9.17. The lowest BCUT2D eigenvalue weighted by Gasteiger charge is -2.23. The lowest BCUT2D eigenvalue weighted by Crippen LogP contribution is -2.29. The van der Waals surface area contributed by atoms with Gasteiger partial charge in [0.25, 0.3) is 0 Å². The molecule has 2 atom stereocenters. The number of aliphatic hydroxyl groups is 1. The molecule has 1 N–H and O–H groups in total. The third-order valence-corrected chi connectivity index (χ3v) is 2.42. The van der Waals surface area contributed by atoms with Gasteiger partial charge in [0.1, 0.15) is 0 Å². The van der Waals surface area contributed by atoms with Gasteiger partial charge in [-0.15, -0.1) is 0 Å². The van der Waals surface area contributed by atoms with Crippen LogP contribution >= 0.6 is 0 Å². The Hall–Kier alpha value is -0.0800. The van der Waals surface area contributed by atoms with Gasteiger partial charge in [-0.05, 0) is 32.1 Å². The smallest absolute Gasteiger partial charge is 0.0833 e. The molecule has 0 fully saturated rings. The maximum atomic E-state index is 9.90. The number of hydrogen-bond donors (Lipinski definition) is 1. The molecule has 0 aromatic carbocycles. The molecule has 0 aliphatic heterocycles. The van der Waals surface area contributed by atoms with Crippen molar-refractivity contribution in [3.05, 3.63) is 0 Å². The van der Waals surface area contributed by atoms with Crippen molar-refractivity contribution in [2.75, 3.05) is 6.61 Å². The fraction of sp³-hybridized carbons (Fsp3) is 1.00. The topological polar surface area (TPSA) is 29.5 Å². The van der Waals surface area contributed by atoms with Crippen molar-refractivity contribution >= 4 is 0 Å². The summed E-state index contributed by atoms with van der Waals surface area (Å²) in [5.41, 5.74) is 0. The van der Waals surface area contributed by atoms with Crippen molar-refractivity contribution in [2.45, 2.75) is 65.6 Å². The average Bonchev–Trinajstić information content (AvgIpc) is 2.14. The molecule has 0 aliphatic rings. The van der Waals surface area contributed by atoms with Gasteiger partial charge in [0.05, 0.1) is 12.2 Å². The molecule has 86 valence electrons. The number of ether oxygens (including phenoxy) is 1. The monoisotopic (exact) mass is 202 g/mol. The zero-order valence-electron chi connectivity index (χ0n) is 10.1. The summed E-state index contributed by atoms with van der Waals surface area (Å²) in [6.07, 6.45) is 3.74. The Labute approximate surface area is 88.7 Å². The minimum atomic E-state index is -0.280. The predicted molar refractivity (Wildman–Crippen MR) is 60.4 cm³/mol. The summed E-state index contributed by atoms with van der Waals surface area (Å²) < 4.78 is 5.53. The van der Waals surface area contributed by atoms with Crippen molar-refractivity contribution < 1.29 is 9.84 Å². The molecule has 0 aliphatic carbocycles. The molecule has 0 aromatic rings. The molecular formula is C12H26O2. The highest BCUT2D eigenvalue weighted by molar-refractivity contribution is 4.69. The molecule has 2 unspecified atom stereocenters. The van der Waals surface area contributed by atoms with Gasteiger partial charge in [-0.25, -0.2) is 0 Å². The van der Waals surface area contributed by atoms with Crippen LogP contribution in [0.25, 0.3) is 0 Å². The lowest BCUT2D eigenvalue weighted by molar-refractivity contribution is -0.0416. The highest BCUT2D eigenvalue weighted by atomic mass is 16.5. The first-order valence-electron chi connectivity index (χ1n) is 5.91. The van der Waals surface area contributed by atoms with E-state index in [1.807, 2.05) is 6.92 Å². The average molecular weight is 202 g/mol. The summed E-state index contributed by atoms with van der Waals surface area (Å²) in [6, 6.07) is 0. The molecule has 0 spiro atoms. The Morgan fingerprint density at radius 1 is 1.07 bits per heavy atom. The standard InChI is InChI=1S/C12H26O2/c1-5-7-12(14-6-2)11(13)9-8-10(3)4/h10-13H,5-9H2,1-4H3. The van der Waals surface area contributed by atoms with Gasteiger partial charge in [-0.3, -0.25) is 0 Å². The van der Waals surface area contributed by atoms with Crippen LogP contribution in [-0.4, -0.2) is 23.9 Å². The Kier molecular flexibility index (Phi) is 8.20. The van der Waals surface area contributed by atoms with Crippen molar-refractivity contribution in [1.29, 1.82) is 0 Å². The normalized spacial score (nSPS) is 15.9. The van der Waals surface area contributed by atoms with E-state index < -0.39 is 0 Å². The Bertz CT molecular complexity index is 117.